The molecule has 0 spiro atoms. The van der Waals surface area contributed by atoms with Crippen LogP contribution < -0.4 is 0 Å². The van der Waals surface area contributed by atoms with Gasteiger partial charge >= 0.3 is 0 Å². The minimum atomic E-state index is 0.227. The summed E-state index contributed by atoms with van der Waals surface area (Å²) in [5.74, 6) is 0.527. The largest absolute Gasteiger partial charge is 0.123 e. The lowest BCUT2D eigenvalue weighted by molar-refractivity contribution is 0.490. The molecule has 0 fully saturated rings. The average Bonchev–Trinajstić information content (AvgIpc) is 2.57. The number of rotatable bonds is 4. The summed E-state index contributed by atoms with van der Waals surface area (Å²) in [6.45, 7) is 2.29. The van der Waals surface area contributed by atoms with E-state index in [1.165, 1.54) is 30.4 Å². The molecule has 0 aromatic heterocycles. The van der Waals surface area contributed by atoms with Gasteiger partial charge in [0.15, 0.2) is 0 Å². The molecule has 0 saturated heterocycles. The van der Waals surface area contributed by atoms with Crippen molar-refractivity contribution in [2.45, 2.75) is 36.9 Å². The molecule has 0 amide bonds. The van der Waals surface area contributed by atoms with Crippen LogP contribution in [0.3, 0.4) is 0 Å². The molecule has 3 rings (SSSR count). The topological polar surface area (TPSA) is 0 Å². The maximum absolute atomic E-state index is 2.37. The van der Waals surface area contributed by atoms with Gasteiger partial charge in [0.1, 0.15) is 0 Å². The van der Waals surface area contributed by atoms with Crippen LogP contribution in [0, 0.1) is 0 Å². The quantitative estimate of drug-likeness (QED) is 0.655. The molecule has 0 N–H and O–H groups in total. The van der Waals surface area contributed by atoms with E-state index in [0.29, 0.717) is 5.92 Å². The Balaban J connectivity index is 1.94. The van der Waals surface area contributed by atoms with Gasteiger partial charge in [-0.3, -0.25) is 0 Å². The minimum Gasteiger partial charge on any atom is -0.123 e. The fraction of sp³-hybridized carbons (Fsp3) is 0.300. The molecule has 0 aliphatic carbocycles. The van der Waals surface area contributed by atoms with E-state index in [1.54, 1.807) is 0 Å². The minimum absolute atomic E-state index is 0.227. The fourth-order valence-corrected chi connectivity index (χ4v) is 4.70. The molecule has 0 radical (unpaired) electrons. The summed E-state index contributed by atoms with van der Waals surface area (Å²) >= 11 is 2.01. The standard InChI is InChI=1S/C20H22S/c1-2-14-20(19-11-7-4-8-12-19)16-18(13-15-21-20)17-9-5-3-6-10-17/h3-13,15,18H,2,14,16H2,1H3/t18-,20-/m1/s1. The zero-order valence-corrected chi connectivity index (χ0v) is 13.4. The van der Waals surface area contributed by atoms with Crippen molar-refractivity contribution < 1.29 is 0 Å². The van der Waals surface area contributed by atoms with Gasteiger partial charge in [0.05, 0.1) is 0 Å². The molecule has 1 aliphatic rings. The lowest BCUT2D eigenvalue weighted by Gasteiger charge is -2.38. The van der Waals surface area contributed by atoms with Crippen LogP contribution in [0.5, 0.6) is 0 Å². The van der Waals surface area contributed by atoms with E-state index in [2.05, 4.69) is 79.1 Å². The first-order chi connectivity index (χ1) is 10.3. The Hall–Kier alpha value is -1.47. The van der Waals surface area contributed by atoms with E-state index in [9.17, 15) is 0 Å². The highest BCUT2D eigenvalue weighted by Crippen LogP contribution is 2.51. The summed E-state index contributed by atoms with van der Waals surface area (Å²) in [7, 11) is 0. The zero-order chi connectivity index (χ0) is 14.5. The second-order valence-corrected chi connectivity index (χ2v) is 7.07. The fourth-order valence-electron chi connectivity index (χ4n) is 3.30. The molecule has 1 aliphatic heterocycles. The molecule has 2 atom stereocenters. The third-order valence-electron chi connectivity index (χ3n) is 4.34. The first-order valence-corrected chi connectivity index (χ1v) is 8.67. The smallest absolute Gasteiger partial charge is 0.0458 e. The molecular weight excluding hydrogens is 272 g/mol. The molecule has 1 heteroatoms. The number of benzene rings is 2. The Kier molecular flexibility index (Phi) is 4.50. The van der Waals surface area contributed by atoms with Gasteiger partial charge in [-0.2, -0.15) is 0 Å². The van der Waals surface area contributed by atoms with Crippen molar-refractivity contribution >= 4 is 11.8 Å². The number of thioether (sulfide) groups is 1. The van der Waals surface area contributed by atoms with Gasteiger partial charge in [0.25, 0.3) is 0 Å². The second kappa shape index (κ2) is 6.53. The van der Waals surface area contributed by atoms with Crippen LogP contribution in [0.4, 0.5) is 0 Å². The maximum Gasteiger partial charge on any atom is 0.0458 e. The molecule has 0 bridgehead atoms. The molecule has 21 heavy (non-hydrogen) atoms. The van der Waals surface area contributed by atoms with Crippen molar-refractivity contribution in [3.8, 4) is 0 Å². The van der Waals surface area contributed by atoms with Gasteiger partial charge in [-0.15, -0.1) is 11.8 Å². The lowest BCUT2D eigenvalue weighted by Crippen LogP contribution is -2.26. The maximum atomic E-state index is 2.37. The highest BCUT2D eigenvalue weighted by atomic mass is 32.2. The Morgan fingerprint density at radius 1 is 1.00 bits per heavy atom. The molecule has 2 aromatic rings. The molecular formula is C20H22S. The van der Waals surface area contributed by atoms with Crippen LogP contribution in [-0.4, -0.2) is 0 Å². The summed E-state index contributed by atoms with van der Waals surface area (Å²) in [5.41, 5.74) is 2.91. The van der Waals surface area contributed by atoms with E-state index in [-0.39, 0.29) is 4.75 Å². The predicted octanol–water partition coefficient (Wildman–Crippen LogP) is 6.12. The Labute approximate surface area is 132 Å². The monoisotopic (exact) mass is 294 g/mol. The first kappa shape index (κ1) is 14.5. The Bertz CT molecular complexity index is 588. The molecule has 0 nitrogen and oxygen atoms in total. The first-order valence-electron chi connectivity index (χ1n) is 7.79. The van der Waals surface area contributed by atoms with Crippen molar-refractivity contribution in [3.05, 3.63) is 83.3 Å². The number of hydrogen-bond donors (Lipinski definition) is 0. The van der Waals surface area contributed by atoms with Gasteiger partial charge in [0, 0.05) is 10.7 Å². The van der Waals surface area contributed by atoms with E-state index < -0.39 is 0 Å². The van der Waals surface area contributed by atoms with E-state index in [0.717, 1.165) is 0 Å². The third-order valence-corrected chi connectivity index (χ3v) is 5.69. The van der Waals surface area contributed by atoms with Crippen LogP contribution in [-0.2, 0) is 4.75 Å². The summed E-state index contributed by atoms with van der Waals surface area (Å²) in [5, 5.41) is 2.32. The highest BCUT2D eigenvalue weighted by Gasteiger charge is 2.36. The summed E-state index contributed by atoms with van der Waals surface area (Å²) in [4.78, 5) is 0. The van der Waals surface area contributed by atoms with Crippen molar-refractivity contribution in [1.29, 1.82) is 0 Å². The van der Waals surface area contributed by atoms with Gasteiger partial charge in [-0.25, -0.2) is 0 Å². The molecule has 2 aromatic carbocycles. The Morgan fingerprint density at radius 2 is 1.67 bits per heavy atom. The van der Waals surface area contributed by atoms with E-state index >= 15 is 0 Å². The SMILES string of the molecule is CCC[C@]1(c2ccccc2)C[C@H](c2ccccc2)C=CS1. The van der Waals surface area contributed by atoms with E-state index in [4.69, 9.17) is 0 Å². The van der Waals surface area contributed by atoms with Crippen molar-refractivity contribution in [3.63, 3.8) is 0 Å². The van der Waals surface area contributed by atoms with Crippen molar-refractivity contribution in [2.75, 3.05) is 0 Å². The molecule has 108 valence electrons. The number of hydrogen-bond acceptors (Lipinski definition) is 1. The average molecular weight is 294 g/mol. The van der Waals surface area contributed by atoms with Crippen LogP contribution >= 0.6 is 11.8 Å². The van der Waals surface area contributed by atoms with Crippen LogP contribution in [0.2, 0.25) is 0 Å². The van der Waals surface area contributed by atoms with Crippen LogP contribution in [0.1, 0.15) is 43.2 Å². The van der Waals surface area contributed by atoms with Gasteiger partial charge < -0.3 is 0 Å². The zero-order valence-electron chi connectivity index (χ0n) is 12.5. The molecule has 0 saturated carbocycles. The normalized spacial score (nSPS) is 24.9. The lowest BCUT2D eigenvalue weighted by atomic mass is 9.81. The van der Waals surface area contributed by atoms with Gasteiger partial charge in [0.2, 0.25) is 0 Å². The van der Waals surface area contributed by atoms with Gasteiger partial charge in [-0.05, 0) is 29.4 Å². The summed E-state index contributed by atoms with van der Waals surface area (Å²) < 4.78 is 0.227. The number of allylic oxidation sites excluding steroid dienone is 1. The molecule has 0 unspecified atom stereocenters. The predicted molar refractivity (Wildman–Crippen MR) is 93.6 cm³/mol. The van der Waals surface area contributed by atoms with Crippen LogP contribution in [0.25, 0.3) is 0 Å². The van der Waals surface area contributed by atoms with Gasteiger partial charge in [-0.1, -0.05) is 80.1 Å². The van der Waals surface area contributed by atoms with Crippen molar-refractivity contribution in [2.24, 2.45) is 0 Å². The van der Waals surface area contributed by atoms with E-state index in [1.807, 2.05) is 11.8 Å². The third kappa shape index (κ3) is 3.08. The molecule has 1 heterocycles. The second-order valence-electron chi connectivity index (χ2n) is 5.78. The highest BCUT2D eigenvalue weighted by molar-refractivity contribution is 8.03. The summed E-state index contributed by atoms with van der Waals surface area (Å²) in [6.07, 6.45) is 6.01. The summed E-state index contributed by atoms with van der Waals surface area (Å²) in [6, 6.07) is 22.0. The Morgan fingerprint density at radius 3 is 2.33 bits per heavy atom. The van der Waals surface area contributed by atoms with Crippen molar-refractivity contribution in [1.82, 2.24) is 0 Å². The van der Waals surface area contributed by atoms with Crippen LogP contribution in [0.15, 0.2) is 72.1 Å².